The Morgan fingerprint density at radius 1 is 0.358 bits per heavy atom. The van der Waals surface area contributed by atoms with Crippen molar-refractivity contribution in [2.75, 3.05) is 4.90 Å². The normalized spacial score (nSPS) is 11.6. The van der Waals surface area contributed by atoms with E-state index in [1.54, 1.807) is 0 Å². The van der Waals surface area contributed by atoms with Crippen molar-refractivity contribution < 1.29 is 8.83 Å². The lowest BCUT2D eigenvalue weighted by Gasteiger charge is -2.26. The predicted octanol–water partition coefficient (Wildman–Crippen LogP) is 15.5. The van der Waals surface area contributed by atoms with Gasteiger partial charge in [-0.3, -0.25) is 0 Å². The van der Waals surface area contributed by atoms with Crippen LogP contribution in [0.2, 0.25) is 0 Å². The SMILES string of the molecule is Brc1ccc(Br)c(-c2ccc(N(c3ccc(-c4cccc5c4oc4ccccc45)cc3)c3ccc(-c4cccc5c4oc4ccccc45)cc3)cc2)c1. The molecule has 0 spiro atoms. The number of halogens is 2. The number of hydrogen-bond acceptors (Lipinski definition) is 3. The fourth-order valence-electron chi connectivity index (χ4n) is 7.49. The largest absolute Gasteiger partial charge is 0.455 e. The molecule has 10 aromatic rings. The molecule has 0 fully saturated rings. The first-order valence-electron chi connectivity index (χ1n) is 17.5. The zero-order valence-electron chi connectivity index (χ0n) is 28.3. The number of rotatable bonds is 6. The molecule has 0 bridgehead atoms. The smallest absolute Gasteiger partial charge is 0.143 e. The minimum atomic E-state index is 0.899. The second-order valence-corrected chi connectivity index (χ2v) is 14.9. The number of fused-ring (bicyclic) bond motifs is 6. The fourth-order valence-corrected chi connectivity index (χ4v) is 8.32. The van der Waals surface area contributed by atoms with Gasteiger partial charge in [0, 0.05) is 58.7 Å². The third-order valence-electron chi connectivity index (χ3n) is 10.0. The maximum atomic E-state index is 6.39. The molecule has 0 aliphatic carbocycles. The van der Waals surface area contributed by atoms with Crippen LogP contribution in [-0.4, -0.2) is 0 Å². The summed E-state index contributed by atoms with van der Waals surface area (Å²) >= 11 is 7.39. The van der Waals surface area contributed by atoms with Crippen LogP contribution >= 0.6 is 31.9 Å². The summed E-state index contributed by atoms with van der Waals surface area (Å²) in [5.74, 6) is 0. The van der Waals surface area contributed by atoms with Crippen LogP contribution in [0.15, 0.2) is 194 Å². The molecule has 53 heavy (non-hydrogen) atoms. The molecule has 2 heterocycles. The molecule has 0 aliphatic rings. The summed E-state index contributed by atoms with van der Waals surface area (Å²) in [5, 5.41) is 4.51. The summed E-state index contributed by atoms with van der Waals surface area (Å²) in [6.07, 6.45) is 0. The highest BCUT2D eigenvalue weighted by Crippen LogP contribution is 2.42. The third-order valence-corrected chi connectivity index (χ3v) is 11.2. The Kier molecular flexibility index (Phi) is 7.78. The number of nitrogens with zero attached hydrogens (tertiary/aromatic N) is 1. The minimum Gasteiger partial charge on any atom is -0.455 e. The maximum Gasteiger partial charge on any atom is 0.143 e. The van der Waals surface area contributed by atoms with Crippen LogP contribution in [0.3, 0.4) is 0 Å². The molecule has 0 radical (unpaired) electrons. The molecule has 2 aromatic heterocycles. The molecule has 0 amide bonds. The van der Waals surface area contributed by atoms with Crippen molar-refractivity contribution in [3.05, 3.63) is 185 Å². The molecule has 252 valence electrons. The zero-order valence-corrected chi connectivity index (χ0v) is 31.4. The van der Waals surface area contributed by atoms with E-state index < -0.39 is 0 Å². The van der Waals surface area contributed by atoms with Crippen LogP contribution in [-0.2, 0) is 0 Å². The highest BCUT2D eigenvalue weighted by atomic mass is 79.9. The van der Waals surface area contributed by atoms with E-state index >= 15 is 0 Å². The first-order chi connectivity index (χ1) is 26.1. The Labute approximate surface area is 323 Å². The molecule has 8 aromatic carbocycles. The first kappa shape index (κ1) is 31.8. The number of benzene rings is 8. The van der Waals surface area contributed by atoms with Gasteiger partial charge >= 0.3 is 0 Å². The minimum absolute atomic E-state index is 0.899. The number of hydrogen-bond donors (Lipinski definition) is 0. The van der Waals surface area contributed by atoms with E-state index in [1.807, 2.05) is 30.3 Å². The van der Waals surface area contributed by atoms with Gasteiger partial charge in [-0.2, -0.15) is 0 Å². The summed E-state index contributed by atoms with van der Waals surface area (Å²) in [5.41, 5.74) is 13.4. The molecular weight excluding hydrogens is 782 g/mol. The number of anilines is 3. The molecule has 0 aliphatic heterocycles. The van der Waals surface area contributed by atoms with Gasteiger partial charge in [-0.1, -0.05) is 141 Å². The molecular formula is C48H29Br2NO2. The summed E-state index contributed by atoms with van der Waals surface area (Å²) in [6, 6.07) is 61.7. The van der Waals surface area contributed by atoms with E-state index in [2.05, 4.69) is 182 Å². The van der Waals surface area contributed by atoms with Gasteiger partial charge in [0.2, 0.25) is 0 Å². The molecule has 0 unspecified atom stereocenters. The second kappa shape index (κ2) is 13.0. The van der Waals surface area contributed by atoms with Crippen molar-refractivity contribution in [3.63, 3.8) is 0 Å². The Balaban J connectivity index is 1.06. The van der Waals surface area contributed by atoms with E-state index in [9.17, 15) is 0 Å². The Morgan fingerprint density at radius 2 is 0.774 bits per heavy atom. The van der Waals surface area contributed by atoms with Crippen LogP contribution in [0.25, 0.3) is 77.3 Å². The highest BCUT2D eigenvalue weighted by Gasteiger charge is 2.17. The fraction of sp³-hybridized carbons (Fsp3) is 0. The van der Waals surface area contributed by atoms with Crippen molar-refractivity contribution in [1.82, 2.24) is 0 Å². The van der Waals surface area contributed by atoms with Gasteiger partial charge < -0.3 is 13.7 Å². The lowest BCUT2D eigenvalue weighted by atomic mass is 10.0. The van der Waals surface area contributed by atoms with E-state index in [0.29, 0.717) is 0 Å². The Bertz CT molecular complexity index is 2800. The van der Waals surface area contributed by atoms with E-state index in [-0.39, 0.29) is 0 Å². The quantitative estimate of drug-likeness (QED) is 0.168. The monoisotopic (exact) mass is 809 g/mol. The van der Waals surface area contributed by atoms with Crippen LogP contribution < -0.4 is 4.90 Å². The van der Waals surface area contributed by atoms with Crippen molar-refractivity contribution in [1.29, 1.82) is 0 Å². The molecule has 0 saturated heterocycles. The van der Waals surface area contributed by atoms with Gasteiger partial charge in [-0.05, 0) is 89.0 Å². The third kappa shape index (κ3) is 5.56. The van der Waals surface area contributed by atoms with Crippen molar-refractivity contribution in [3.8, 4) is 33.4 Å². The van der Waals surface area contributed by atoms with E-state index in [4.69, 9.17) is 8.83 Å². The van der Waals surface area contributed by atoms with Gasteiger partial charge in [0.15, 0.2) is 0 Å². The average Bonchev–Trinajstić information content (AvgIpc) is 3.79. The van der Waals surface area contributed by atoms with Crippen LogP contribution in [0.1, 0.15) is 0 Å². The van der Waals surface area contributed by atoms with Gasteiger partial charge in [-0.25, -0.2) is 0 Å². The van der Waals surface area contributed by atoms with E-state index in [0.717, 1.165) is 103 Å². The second-order valence-electron chi connectivity index (χ2n) is 13.2. The van der Waals surface area contributed by atoms with Crippen molar-refractivity contribution in [2.24, 2.45) is 0 Å². The zero-order chi connectivity index (χ0) is 35.5. The van der Waals surface area contributed by atoms with E-state index in [1.165, 1.54) is 0 Å². The predicted molar refractivity (Wildman–Crippen MR) is 227 cm³/mol. The molecule has 10 rings (SSSR count). The first-order valence-corrected chi connectivity index (χ1v) is 19.0. The van der Waals surface area contributed by atoms with Crippen molar-refractivity contribution in [2.45, 2.75) is 0 Å². The van der Waals surface area contributed by atoms with Crippen LogP contribution in [0, 0.1) is 0 Å². The lowest BCUT2D eigenvalue weighted by molar-refractivity contribution is 0.669. The highest BCUT2D eigenvalue weighted by molar-refractivity contribution is 9.11. The van der Waals surface area contributed by atoms with Crippen molar-refractivity contribution >= 4 is 92.8 Å². The molecule has 3 nitrogen and oxygen atoms in total. The summed E-state index contributed by atoms with van der Waals surface area (Å²) in [7, 11) is 0. The molecule has 0 N–H and O–H groups in total. The van der Waals surface area contributed by atoms with Gasteiger partial charge in [0.1, 0.15) is 22.3 Å². The summed E-state index contributed by atoms with van der Waals surface area (Å²) in [6.45, 7) is 0. The maximum absolute atomic E-state index is 6.39. The standard InChI is InChI=1S/C48H29Br2NO2/c49-33-21-28-44(50)43(29-33)32-19-26-36(27-20-32)51(34-22-15-30(16-23-34)37-9-5-11-41-39-7-1-3-13-45(39)52-47(37)41)35-24-17-31(18-25-35)38-10-6-12-42-40-8-2-4-14-46(40)53-48(38)42/h1-29H. The average molecular weight is 812 g/mol. The Hall–Kier alpha value is -5.88. The van der Waals surface area contributed by atoms with Gasteiger partial charge in [0.05, 0.1) is 0 Å². The van der Waals surface area contributed by atoms with Crippen LogP contribution in [0.4, 0.5) is 17.1 Å². The molecule has 5 heteroatoms. The topological polar surface area (TPSA) is 29.5 Å². The molecule has 0 saturated carbocycles. The Morgan fingerprint density at radius 3 is 1.25 bits per heavy atom. The number of furan rings is 2. The van der Waals surface area contributed by atoms with Crippen LogP contribution in [0.5, 0.6) is 0 Å². The van der Waals surface area contributed by atoms with Gasteiger partial charge in [-0.15, -0.1) is 0 Å². The van der Waals surface area contributed by atoms with Gasteiger partial charge in [0.25, 0.3) is 0 Å². The lowest BCUT2D eigenvalue weighted by Crippen LogP contribution is -2.09. The summed E-state index contributed by atoms with van der Waals surface area (Å²) in [4.78, 5) is 2.30. The number of para-hydroxylation sites is 4. The molecule has 0 atom stereocenters. The summed E-state index contributed by atoms with van der Waals surface area (Å²) < 4.78 is 14.9.